The Balaban J connectivity index is 2.25. The van der Waals surface area contributed by atoms with Crippen molar-refractivity contribution >= 4 is 11.7 Å². The van der Waals surface area contributed by atoms with Gasteiger partial charge in [-0.25, -0.2) is 4.79 Å². The molecule has 1 aromatic rings. The van der Waals surface area contributed by atoms with Gasteiger partial charge in [-0.1, -0.05) is 12.1 Å². The van der Waals surface area contributed by atoms with Crippen LogP contribution in [0.4, 0.5) is 5.69 Å². The number of nitrogens with two attached hydrogens (primary N) is 1. The summed E-state index contributed by atoms with van der Waals surface area (Å²) in [4.78, 5) is 16.0. The number of piperazine rings is 1. The van der Waals surface area contributed by atoms with Crippen molar-refractivity contribution in [2.45, 2.75) is 6.17 Å². The van der Waals surface area contributed by atoms with Crippen LogP contribution in [0.5, 0.6) is 0 Å². The smallest absolute Gasteiger partial charge is 0.339 e. The van der Waals surface area contributed by atoms with Gasteiger partial charge in [-0.2, -0.15) is 0 Å². The van der Waals surface area contributed by atoms with E-state index >= 15 is 0 Å². The molecule has 1 heterocycles. The molecule has 0 aromatic heterocycles. The van der Waals surface area contributed by atoms with Crippen LogP contribution in [0.1, 0.15) is 10.4 Å². The Morgan fingerprint density at radius 1 is 1.39 bits per heavy atom. The highest BCUT2D eigenvalue weighted by Gasteiger charge is 2.24. The van der Waals surface area contributed by atoms with Crippen molar-refractivity contribution in [1.82, 2.24) is 4.90 Å². The van der Waals surface area contributed by atoms with Crippen molar-refractivity contribution in [2.24, 2.45) is 5.73 Å². The molecule has 0 spiro atoms. The Morgan fingerprint density at radius 2 is 2.11 bits per heavy atom. The maximum Gasteiger partial charge on any atom is 0.339 e. The molecule has 2 rings (SSSR count). The molecule has 1 aromatic carbocycles. The van der Waals surface area contributed by atoms with Crippen LogP contribution < -0.4 is 10.6 Å². The van der Waals surface area contributed by atoms with Gasteiger partial charge in [0, 0.05) is 19.6 Å². The summed E-state index contributed by atoms with van der Waals surface area (Å²) in [5, 5.41) is 0. The molecule has 1 saturated heterocycles. The normalized spacial score (nSPS) is 20.8. The zero-order valence-corrected chi connectivity index (χ0v) is 10.8. The molecule has 1 unspecified atom stereocenters. The molecule has 0 amide bonds. The van der Waals surface area contributed by atoms with Crippen LogP contribution in [0.25, 0.3) is 0 Å². The second kappa shape index (κ2) is 5.37. The van der Waals surface area contributed by atoms with Gasteiger partial charge in [-0.05, 0) is 19.2 Å². The van der Waals surface area contributed by atoms with Gasteiger partial charge < -0.3 is 15.4 Å². The Hall–Kier alpha value is -1.59. The molecule has 5 nitrogen and oxygen atoms in total. The number of methoxy groups -OCH3 is 1. The van der Waals surface area contributed by atoms with E-state index < -0.39 is 0 Å². The molecule has 5 heteroatoms. The lowest BCUT2D eigenvalue weighted by atomic mass is 10.1. The fourth-order valence-corrected chi connectivity index (χ4v) is 2.15. The third-order valence-corrected chi connectivity index (χ3v) is 3.35. The van der Waals surface area contributed by atoms with Crippen molar-refractivity contribution in [3.8, 4) is 0 Å². The molecule has 1 aliphatic rings. The van der Waals surface area contributed by atoms with E-state index in [1.54, 1.807) is 6.07 Å². The SMILES string of the molecule is COC(=O)c1ccccc1N1CCN(C)C(N)C1. The van der Waals surface area contributed by atoms with E-state index in [4.69, 9.17) is 10.5 Å². The number of nitrogens with zero attached hydrogens (tertiary/aromatic N) is 2. The molecule has 1 fully saturated rings. The summed E-state index contributed by atoms with van der Waals surface area (Å²) in [7, 11) is 3.41. The molecule has 18 heavy (non-hydrogen) atoms. The van der Waals surface area contributed by atoms with Crippen LogP contribution >= 0.6 is 0 Å². The minimum atomic E-state index is -0.307. The fraction of sp³-hybridized carbons (Fsp3) is 0.462. The number of hydrogen-bond donors (Lipinski definition) is 1. The monoisotopic (exact) mass is 249 g/mol. The average molecular weight is 249 g/mol. The first-order valence-electron chi connectivity index (χ1n) is 6.01. The largest absolute Gasteiger partial charge is 0.465 e. The van der Waals surface area contributed by atoms with Gasteiger partial charge in [0.05, 0.1) is 24.5 Å². The predicted molar refractivity (Wildman–Crippen MR) is 70.6 cm³/mol. The van der Waals surface area contributed by atoms with Crippen LogP contribution in [0.2, 0.25) is 0 Å². The third kappa shape index (κ3) is 2.47. The number of anilines is 1. The summed E-state index contributed by atoms with van der Waals surface area (Å²) in [6.07, 6.45) is -0.00977. The number of esters is 1. The summed E-state index contributed by atoms with van der Waals surface area (Å²) >= 11 is 0. The molecular weight excluding hydrogens is 230 g/mol. The van der Waals surface area contributed by atoms with Crippen LogP contribution in [0.3, 0.4) is 0 Å². The number of carbonyl (C=O) groups is 1. The van der Waals surface area contributed by atoms with Gasteiger partial charge in [0.1, 0.15) is 0 Å². The zero-order valence-electron chi connectivity index (χ0n) is 10.8. The number of rotatable bonds is 2. The van der Waals surface area contributed by atoms with Gasteiger partial charge in [0.15, 0.2) is 0 Å². The molecule has 98 valence electrons. The highest BCUT2D eigenvalue weighted by atomic mass is 16.5. The van der Waals surface area contributed by atoms with Crippen molar-refractivity contribution in [1.29, 1.82) is 0 Å². The van der Waals surface area contributed by atoms with Gasteiger partial charge in [-0.15, -0.1) is 0 Å². The van der Waals surface area contributed by atoms with Crippen molar-refractivity contribution in [3.05, 3.63) is 29.8 Å². The molecule has 0 aliphatic carbocycles. The minimum absolute atomic E-state index is 0.00977. The van der Waals surface area contributed by atoms with Gasteiger partial charge in [-0.3, -0.25) is 4.90 Å². The van der Waals surface area contributed by atoms with Crippen LogP contribution in [0, 0.1) is 0 Å². The first-order valence-corrected chi connectivity index (χ1v) is 6.01. The lowest BCUT2D eigenvalue weighted by molar-refractivity contribution is 0.0601. The molecule has 0 radical (unpaired) electrons. The molecule has 0 bridgehead atoms. The Labute approximate surface area is 107 Å². The summed E-state index contributed by atoms with van der Waals surface area (Å²) in [5.74, 6) is -0.307. The first kappa shape index (κ1) is 12.9. The highest BCUT2D eigenvalue weighted by Crippen LogP contribution is 2.23. The van der Waals surface area contributed by atoms with E-state index in [2.05, 4.69) is 9.80 Å². The topological polar surface area (TPSA) is 58.8 Å². The highest BCUT2D eigenvalue weighted by molar-refractivity contribution is 5.95. The maximum atomic E-state index is 11.7. The maximum absolute atomic E-state index is 11.7. The second-order valence-electron chi connectivity index (χ2n) is 4.50. The quantitative estimate of drug-likeness (QED) is 0.774. The molecule has 1 aliphatic heterocycles. The summed E-state index contributed by atoms with van der Waals surface area (Å²) in [6, 6.07) is 7.48. The molecule has 0 saturated carbocycles. The first-order chi connectivity index (χ1) is 8.63. The Bertz CT molecular complexity index is 436. The Kier molecular flexibility index (Phi) is 3.84. The number of benzene rings is 1. The minimum Gasteiger partial charge on any atom is -0.465 e. The number of para-hydroxylation sites is 1. The van der Waals surface area contributed by atoms with E-state index in [0.717, 1.165) is 18.8 Å². The van der Waals surface area contributed by atoms with Gasteiger partial charge in [0.2, 0.25) is 0 Å². The number of ether oxygens (including phenoxy) is 1. The van der Waals surface area contributed by atoms with Gasteiger partial charge >= 0.3 is 5.97 Å². The van der Waals surface area contributed by atoms with E-state index in [-0.39, 0.29) is 12.1 Å². The fourth-order valence-electron chi connectivity index (χ4n) is 2.15. The number of carbonyl (C=O) groups excluding carboxylic acids is 1. The molecule has 2 N–H and O–H groups in total. The lowest BCUT2D eigenvalue weighted by Crippen LogP contribution is -2.55. The summed E-state index contributed by atoms with van der Waals surface area (Å²) in [6.45, 7) is 2.46. The van der Waals surface area contributed by atoms with Crippen molar-refractivity contribution in [3.63, 3.8) is 0 Å². The van der Waals surface area contributed by atoms with E-state index in [0.29, 0.717) is 12.1 Å². The standard InChI is InChI=1S/C13H19N3O2/c1-15-7-8-16(9-12(15)14)11-6-4-3-5-10(11)13(17)18-2/h3-6,12H,7-9,14H2,1-2H3. The summed E-state index contributed by atoms with van der Waals surface area (Å²) < 4.78 is 4.81. The molecular formula is C13H19N3O2. The molecule has 1 atom stereocenters. The van der Waals surface area contributed by atoms with Gasteiger partial charge in [0.25, 0.3) is 0 Å². The van der Waals surface area contributed by atoms with E-state index in [1.807, 2.05) is 25.2 Å². The third-order valence-electron chi connectivity index (χ3n) is 3.35. The van der Waals surface area contributed by atoms with Crippen molar-refractivity contribution < 1.29 is 9.53 Å². The second-order valence-corrected chi connectivity index (χ2v) is 4.50. The van der Waals surface area contributed by atoms with E-state index in [1.165, 1.54) is 7.11 Å². The van der Waals surface area contributed by atoms with E-state index in [9.17, 15) is 4.79 Å². The number of likely N-dealkylation sites (N-methyl/N-ethyl adjacent to an activating group) is 1. The van der Waals surface area contributed by atoms with Crippen LogP contribution in [0.15, 0.2) is 24.3 Å². The Morgan fingerprint density at radius 3 is 2.78 bits per heavy atom. The zero-order chi connectivity index (χ0) is 13.1. The number of hydrogen-bond acceptors (Lipinski definition) is 5. The predicted octanol–water partition coefficient (Wildman–Crippen LogP) is 0.510. The van der Waals surface area contributed by atoms with Crippen LogP contribution in [-0.4, -0.2) is 50.8 Å². The average Bonchev–Trinajstić information content (AvgIpc) is 2.41. The summed E-state index contributed by atoms with van der Waals surface area (Å²) in [5.41, 5.74) is 7.52. The van der Waals surface area contributed by atoms with Crippen molar-refractivity contribution in [2.75, 3.05) is 38.7 Å². The van der Waals surface area contributed by atoms with Crippen LogP contribution in [-0.2, 0) is 4.74 Å². The lowest BCUT2D eigenvalue weighted by Gasteiger charge is -2.39.